The molecule has 0 saturated heterocycles. The SMILES string of the molecule is COC(=O)c1c(NC(=O)c2c(F)cccc2F)sc2c1CCC(C)C2. The molecule has 4 nitrogen and oxygen atoms in total. The molecule has 0 saturated carbocycles. The minimum absolute atomic E-state index is 0.276. The molecule has 7 heteroatoms. The van der Waals surface area contributed by atoms with E-state index in [-0.39, 0.29) is 5.00 Å². The van der Waals surface area contributed by atoms with Crippen LogP contribution in [0.25, 0.3) is 0 Å². The number of thiophene rings is 1. The van der Waals surface area contributed by atoms with Gasteiger partial charge in [-0.15, -0.1) is 11.3 Å². The molecular formula is C18H17F2NO3S. The maximum absolute atomic E-state index is 13.8. The number of fused-ring (bicyclic) bond motifs is 1. The molecule has 0 spiro atoms. The van der Waals surface area contributed by atoms with E-state index >= 15 is 0 Å². The molecule has 1 aromatic carbocycles. The van der Waals surface area contributed by atoms with Gasteiger partial charge in [0.15, 0.2) is 0 Å². The van der Waals surface area contributed by atoms with Crippen molar-refractivity contribution in [2.75, 3.05) is 12.4 Å². The van der Waals surface area contributed by atoms with Crippen LogP contribution in [0.3, 0.4) is 0 Å². The summed E-state index contributed by atoms with van der Waals surface area (Å²) in [4.78, 5) is 25.5. The molecule has 132 valence electrons. The first-order valence-corrected chi connectivity index (χ1v) is 8.72. The van der Waals surface area contributed by atoms with Gasteiger partial charge in [-0.2, -0.15) is 0 Å². The predicted molar refractivity (Wildman–Crippen MR) is 91.2 cm³/mol. The molecule has 1 heterocycles. The molecule has 1 aliphatic carbocycles. The highest BCUT2D eigenvalue weighted by molar-refractivity contribution is 7.17. The lowest BCUT2D eigenvalue weighted by molar-refractivity contribution is 0.0601. The van der Waals surface area contributed by atoms with Crippen molar-refractivity contribution in [2.45, 2.75) is 26.2 Å². The lowest BCUT2D eigenvalue weighted by atomic mass is 9.88. The van der Waals surface area contributed by atoms with Gasteiger partial charge >= 0.3 is 5.97 Å². The van der Waals surface area contributed by atoms with Gasteiger partial charge in [0.25, 0.3) is 5.91 Å². The molecule has 1 aliphatic rings. The van der Waals surface area contributed by atoms with E-state index in [9.17, 15) is 18.4 Å². The average molecular weight is 365 g/mol. The van der Waals surface area contributed by atoms with Gasteiger partial charge in [0, 0.05) is 4.88 Å². The van der Waals surface area contributed by atoms with Gasteiger partial charge in [-0.1, -0.05) is 13.0 Å². The third-order valence-corrected chi connectivity index (χ3v) is 5.49. The van der Waals surface area contributed by atoms with Crippen molar-refractivity contribution in [3.8, 4) is 0 Å². The van der Waals surface area contributed by atoms with E-state index < -0.39 is 29.1 Å². The van der Waals surface area contributed by atoms with Crippen molar-refractivity contribution < 1.29 is 23.1 Å². The van der Waals surface area contributed by atoms with Crippen LogP contribution in [0.2, 0.25) is 0 Å². The van der Waals surface area contributed by atoms with Crippen LogP contribution in [0.5, 0.6) is 0 Å². The zero-order valence-corrected chi connectivity index (χ0v) is 14.6. The molecule has 25 heavy (non-hydrogen) atoms. The average Bonchev–Trinajstić information content (AvgIpc) is 2.90. The third-order valence-electron chi connectivity index (χ3n) is 4.32. The summed E-state index contributed by atoms with van der Waals surface area (Å²) in [5, 5.41) is 2.77. The predicted octanol–water partition coefficient (Wildman–Crippen LogP) is 4.19. The van der Waals surface area contributed by atoms with Gasteiger partial charge in [-0.05, 0) is 42.9 Å². The largest absolute Gasteiger partial charge is 0.465 e. The standard InChI is InChI=1S/C18H17F2NO3S/c1-9-6-7-10-13(8-9)25-17(14(10)18(23)24-2)21-16(22)15-11(19)4-3-5-12(15)20/h3-5,9H,6-8H2,1-2H3,(H,21,22). The zero-order valence-electron chi connectivity index (χ0n) is 13.8. The number of hydrogen-bond donors (Lipinski definition) is 1. The highest BCUT2D eigenvalue weighted by Crippen LogP contribution is 2.40. The second kappa shape index (κ2) is 6.92. The maximum Gasteiger partial charge on any atom is 0.341 e. The van der Waals surface area contributed by atoms with Gasteiger partial charge in [0.2, 0.25) is 0 Å². The van der Waals surface area contributed by atoms with E-state index in [4.69, 9.17) is 4.74 Å². The second-order valence-corrected chi connectivity index (χ2v) is 7.20. The number of ether oxygens (including phenoxy) is 1. The van der Waals surface area contributed by atoms with E-state index in [0.717, 1.165) is 35.4 Å². The number of anilines is 1. The Labute approximate surface area is 147 Å². The van der Waals surface area contributed by atoms with Crippen molar-refractivity contribution in [2.24, 2.45) is 5.92 Å². The van der Waals surface area contributed by atoms with Crippen molar-refractivity contribution in [1.29, 1.82) is 0 Å². The summed E-state index contributed by atoms with van der Waals surface area (Å²) in [6, 6.07) is 3.22. The molecule has 1 atom stereocenters. The number of carbonyl (C=O) groups is 2. The Kier molecular flexibility index (Phi) is 4.85. The molecule has 2 aromatic rings. The monoisotopic (exact) mass is 365 g/mol. The van der Waals surface area contributed by atoms with Crippen LogP contribution >= 0.6 is 11.3 Å². The fourth-order valence-electron chi connectivity index (χ4n) is 3.04. The third kappa shape index (κ3) is 3.28. The molecule has 0 radical (unpaired) electrons. The van der Waals surface area contributed by atoms with Gasteiger partial charge < -0.3 is 10.1 Å². The van der Waals surface area contributed by atoms with Gasteiger partial charge in [-0.3, -0.25) is 4.79 Å². The van der Waals surface area contributed by atoms with Crippen LogP contribution < -0.4 is 5.32 Å². The Bertz CT molecular complexity index is 827. The minimum Gasteiger partial charge on any atom is -0.465 e. The molecule has 1 amide bonds. The Morgan fingerprint density at radius 3 is 2.56 bits per heavy atom. The van der Waals surface area contributed by atoms with E-state index in [1.54, 1.807) is 0 Å². The molecule has 1 unspecified atom stereocenters. The number of amides is 1. The Morgan fingerprint density at radius 1 is 1.24 bits per heavy atom. The quantitative estimate of drug-likeness (QED) is 0.830. The van der Waals surface area contributed by atoms with Crippen molar-refractivity contribution in [3.05, 3.63) is 51.4 Å². The number of nitrogens with one attached hydrogen (secondary N) is 1. The number of rotatable bonds is 3. The normalized spacial score (nSPS) is 16.2. The molecular weight excluding hydrogens is 348 g/mol. The fraction of sp³-hybridized carbons (Fsp3) is 0.333. The molecule has 1 aromatic heterocycles. The molecule has 1 N–H and O–H groups in total. The van der Waals surface area contributed by atoms with E-state index in [2.05, 4.69) is 12.2 Å². The summed E-state index contributed by atoms with van der Waals surface area (Å²) in [6.45, 7) is 2.12. The number of hydrogen-bond acceptors (Lipinski definition) is 4. The first-order valence-electron chi connectivity index (χ1n) is 7.90. The number of carbonyl (C=O) groups excluding carboxylic acids is 2. The Hall–Kier alpha value is -2.28. The lowest BCUT2D eigenvalue weighted by Gasteiger charge is -2.18. The van der Waals surface area contributed by atoms with Crippen LogP contribution in [0.4, 0.5) is 13.8 Å². The highest BCUT2D eigenvalue weighted by atomic mass is 32.1. The Balaban J connectivity index is 2.00. The van der Waals surface area contributed by atoms with Crippen LogP contribution in [-0.4, -0.2) is 19.0 Å². The van der Waals surface area contributed by atoms with Gasteiger partial charge in [0.05, 0.1) is 12.7 Å². The lowest BCUT2D eigenvalue weighted by Crippen LogP contribution is -2.18. The maximum atomic E-state index is 13.8. The topological polar surface area (TPSA) is 55.4 Å². The van der Waals surface area contributed by atoms with Crippen LogP contribution in [-0.2, 0) is 17.6 Å². The Morgan fingerprint density at radius 2 is 1.92 bits per heavy atom. The number of halogens is 2. The van der Waals surface area contributed by atoms with Crippen molar-refractivity contribution >= 4 is 28.2 Å². The van der Waals surface area contributed by atoms with E-state index in [0.29, 0.717) is 17.9 Å². The van der Waals surface area contributed by atoms with E-state index in [1.165, 1.54) is 24.5 Å². The molecule has 3 rings (SSSR count). The number of methoxy groups -OCH3 is 1. The van der Waals surface area contributed by atoms with Crippen LogP contribution in [0.1, 0.15) is 44.5 Å². The van der Waals surface area contributed by atoms with Crippen LogP contribution in [0.15, 0.2) is 18.2 Å². The summed E-state index contributed by atoms with van der Waals surface area (Å²) in [6.07, 6.45) is 2.44. The summed E-state index contributed by atoms with van der Waals surface area (Å²) in [7, 11) is 1.26. The van der Waals surface area contributed by atoms with Crippen LogP contribution in [0, 0.1) is 17.6 Å². The van der Waals surface area contributed by atoms with E-state index in [1.807, 2.05) is 0 Å². The fourth-order valence-corrected chi connectivity index (χ4v) is 4.43. The first-order chi connectivity index (χ1) is 11.9. The minimum atomic E-state index is -0.952. The van der Waals surface area contributed by atoms with Crippen molar-refractivity contribution in [3.63, 3.8) is 0 Å². The second-order valence-electron chi connectivity index (χ2n) is 6.10. The molecule has 0 bridgehead atoms. The van der Waals surface area contributed by atoms with Gasteiger partial charge in [0.1, 0.15) is 22.2 Å². The molecule has 0 aliphatic heterocycles. The summed E-state index contributed by atoms with van der Waals surface area (Å²) in [5.74, 6) is -2.91. The summed E-state index contributed by atoms with van der Waals surface area (Å²) < 4.78 is 32.5. The smallest absolute Gasteiger partial charge is 0.341 e. The van der Waals surface area contributed by atoms with Gasteiger partial charge in [-0.25, -0.2) is 13.6 Å². The number of esters is 1. The summed E-state index contributed by atoms with van der Waals surface area (Å²) >= 11 is 1.27. The summed E-state index contributed by atoms with van der Waals surface area (Å²) in [5.41, 5.74) is 0.483. The zero-order chi connectivity index (χ0) is 18.1. The number of benzene rings is 1. The van der Waals surface area contributed by atoms with Crippen molar-refractivity contribution in [1.82, 2.24) is 0 Å². The highest BCUT2D eigenvalue weighted by Gasteiger charge is 2.29. The molecule has 0 fully saturated rings. The first kappa shape index (κ1) is 17.5.